The van der Waals surface area contributed by atoms with E-state index < -0.39 is 15.9 Å². The highest BCUT2D eigenvalue weighted by molar-refractivity contribution is 7.92. The van der Waals surface area contributed by atoms with E-state index in [0.717, 1.165) is 16.7 Å². The summed E-state index contributed by atoms with van der Waals surface area (Å²) in [7, 11) is -3.89. The van der Waals surface area contributed by atoms with E-state index in [0.29, 0.717) is 29.3 Å². The highest BCUT2D eigenvalue weighted by Gasteiger charge is 2.20. The Hall–Kier alpha value is -4.10. The zero-order valence-corrected chi connectivity index (χ0v) is 21.2. The number of hydrogen-bond acceptors (Lipinski definition) is 4. The fraction of sp³-hybridized carbons (Fsp3) is 0.138. The summed E-state index contributed by atoms with van der Waals surface area (Å²) in [5.74, 6) is 0.272. The molecule has 0 unspecified atom stereocenters. The molecule has 0 saturated heterocycles. The van der Waals surface area contributed by atoms with E-state index in [4.69, 9.17) is 4.74 Å². The SMILES string of the molecule is Cc1ccc(C(=O)Nc2ccc(OCc3ccccc3)cc2)cc1S(=O)(=O)Nc1cccc(C)c1C. The maximum Gasteiger partial charge on any atom is 0.262 e. The zero-order chi connectivity index (χ0) is 25.7. The Morgan fingerprint density at radius 2 is 1.53 bits per heavy atom. The van der Waals surface area contributed by atoms with Crippen molar-refractivity contribution in [2.24, 2.45) is 0 Å². The monoisotopic (exact) mass is 500 g/mol. The Kier molecular flexibility index (Phi) is 7.41. The molecule has 4 aromatic carbocycles. The van der Waals surface area contributed by atoms with Crippen LogP contribution in [0.3, 0.4) is 0 Å². The van der Waals surface area contributed by atoms with E-state index in [1.54, 1.807) is 55.5 Å². The number of amides is 1. The third-order valence-corrected chi connectivity index (χ3v) is 7.46. The molecule has 0 aliphatic carbocycles. The van der Waals surface area contributed by atoms with Crippen molar-refractivity contribution in [3.63, 3.8) is 0 Å². The van der Waals surface area contributed by atoms with Gasteiger partial charge in [-0.2, -0.15) is 0 Å². The summed E-state index contributed by atoms with van der Waals surface area (Å²) in [6.07, 6.45) is 0. The molecule has 1 amide bonds. The molecule has 4 aromatic rings. The standard InChI is InChI=1S/C29H28N2O4S/c1-20-8-7-11-27(22(20)3)31-36(33,34)28-18-24(13-12-21(28)2)29(32)30-25-14-16-26(17-15-25)35-19-23-9-5-4-6-10-23/h4-18,31H,19H2,1-3H3,(H,30,32). The first-order valence-electron chi connectivity index (χ1n) is 11.5. The lowest BCUT2D eigenvalue weighted by molar-refractivity contribution is 0.102. The number of benzene rings is 4. The lowest BCUT2D eigenvalue weighted by atomic mass is 10.1. The lowest BCUT2D eigenvalue weighted by Crippen LogP contribution is -2.17. The predicted molar refractivity (Wildman–Crippen MR) is 143 cm³/mol. The largest absolute Gasteiger partial charge is 0.489 e. The van der Waals surface area contributed by atoms with Gasteiger partial charge < -0.3 is 10.1 Å². The van der Waals surface area contributed by atoms with Crippen LogP contribution in [0.5, 0.6) is 5.75 Å². The number of sulfonamides is 1. The first-order valence-corrected chi connectivity index (χ1v) is 13.0. The first kappa shape index (κ1) is 25.0. The maximum atomic E-state index is 13.2. The van der Waals surface area contributed by atoms with Gasteiger partial charge in [-0.3, -0.25) is 9.52 Å². The van der Waals surface area contributed by atoms with Gasteiger partial charge in [0.05, 0.1) is 10.6 Å². The summed E-state index contributed by atoms with van der Waals surface area (Å²) in [6.45, 7) is 5.93. The highest BCUT2D eigenvalue weighted by Crippen LogP contribution is 2.25. The van der Waals surface area contributed by atoms with Gasteiger partial charge in [-0.05, 0) is 85.5 Å². The van der Waals surface area contributed by atoms with Crippen LogP contribution in [0, 0.1) is 20.8 Å². The molecule has 0 atom stereocenters. The summed E-state index contributed by atoms with van der Waals surface area (Å²) < 4.78 is 34.8. The van der Waals surface area contributed by atoms with Gasteiger partial charge in [-0.25, -0.2) is 8.42 Å². The van der Waals surface area contributed by atoms with Crippen LogP contribution in [-0.2, 0) is 16.6 Å². The van der Waals surface area contributed by atoms with Crippen molar-refractivity contribution >= 4 is 27.3 Å². The number of nitrogens with one attached hydrogen (secondary N) is 2. The zero-order valence-electron chi connectivity index (χ0n) is 20.4. The van der Waals surface area contributed by atoms with Gasteiger partial charge in [-0.1, -0.05) is 48.5 Å². The molecule has 0 aliphatic heterocycles. The van der Waals surface area contributed by atoms with E-state index in [-0.39, 0.29) is 10.5 Å². The van der Waals surface area contributed by atoms with Crippen molar-refractivity contribution in [1.29, 1.82) is 0 Å². The highest BCUT2D eigenvalue weighted by atomic mass is 32.2. The van der Waals surface area contributed by atoms with Crippen molar-refractivity contribution in [2.45, 2.75) is 32.3 Å². The fourth-order valence-corrected chi connectivity index (χ4v) is 5.07. The van der Waals surface area contributed by atoms with Gasteiger partial charge in [0.1, 0.15) is 12.4 Å². The molecule has 0 aliphatic rings. The van der Waals surface area contributed by atoms with Gasteiger partial charge in [0, 0.05) is 11.3 Å². The molecule has 36 heavy (non-hydrogen) atoms. The van der Waals surface area contributed by atoms with E-state index >= 15 is 0 Å². The van der Waals surface area contributed by atoms with E-state index in [1.807, 2.05) is 50.2 Å². The Labute approximate surface area is 212 Å². The van der Waals surface area contributed by atoms with Crippen LogP contribution >= 0.6 is 0 Å². The fourth-order valence-electron chi connectivity index (χ4n) is 3.67. The normalized spacial score (nSPS) is 11.1. The summed E-state index contributed by atoms with van der Waals surface area (Å²) in [6, 6.07) is 27.0. The van der Waals surface area contributed by atoms with Crippen LogP contribution in [0.2, 0.25) is 0 Å². The minimum atomic E-state index is -3.89. The Bertz CT molecular complexity index is 1480. The van der Waals surface area contributed by atoms with Crippen LogP contribution in [0.4, 0.5) is 11.4 Å². The lowest BCUT2D eigenvalue weighted by Gasteiger charge is -2.14. The Morgan fingerprint density at radius 1 is 0.806 bits per heavy atom. The molecular weight excluding hydrogens is 472 g/mol. The number of aryl methyl sites for hydroxylation is 2. The van der Waals surface area contributed by atoms with Crippen molar-refractivity contribution in [3.05, 3.63) is 119 Å². The molecule has 2 N–H and O–H groups in total. The Morgan fingerprint density at radius 3 is 2.25 bits per heavy atom. The molecule has 0 bridgehead atoms. The van der Waals surface area contributed by atoms with Crippen LogP contribution < -0.4 is 14.8 Å². The second-order valence-electron chi connectivity index (χ2n) is 8.59. The molecule has 0 heterocycles. The molecule has 7 heteroatoms. The van der Waals surface area contributed by atoms with Crippen molar-refractivity contribution in [2.75, 3.05) is 10.0 Å². The van der Waals surface area contributed by atoms with Gasteiger partial charge >= 0.3 is 0 Å². The number of ether oxygens (including phenoxy) is 1. The van der Waals surface area contributed by atoms with Crippen molar-refractivity contribution < 1.29 is 17.9 Å². The number of rotatable bonds is 8. The van der Waals surface area contributed by atoms with Gasteiger partial charge in [0.15, 0.2) is 0 Å². The second-order valence-corrected chi connectivity index (χ2v) is 10.2. The molecule has 184 valence electrons. The molecule has 0 aromatic heterocycles. The van der Waals surface area contributed by atoms with Crippen LogP contribution in [0.1, 0.15) is 32.6 Å². The summed E-state index contributed by atoms with van der Waals surface area (Å²) in [5.41, 5.74) is 4.77. The topological polar surface area (TPSA) is 84.5 Å². The van der Waals surface area contributed by atoms with Crippen molar-refractivity contribution in [3.8, 4) is 5.75 Å². The molecule has 0 saturated carbocycles. The van der Waals surface area contributed by atoms with Crippen LogP contribution in [0.15, 0.2) is 95.9 Å². The minimum absolute atomic E-state index is 0.0562. The number of carbonyl (C=O) groups is 1. The number of hydrogen-bond donors (Lipinski definition) is 2. The van der Waals surface area contributed by atoms with Crippen LogP contribution in [0.25, 0.3) is 0 Å². The third kappa shape index (κ3) is 5.93. The molecule has 4 rings (SSSR count). The number of anilines is 2. The minimum Gasteiger partial charge on any atom is -0.489 e. The third-order valence-electron chi connectivity index (χ3n) is 5.95. The Balaban J connectivity index is 1.46. The predicted octanol–water partition coefficient (Wildman–Crippen LogP) is 6.24. The quantitative estimate of drug-likeness (QED) is 0.300. The molecule has 0 spiro atoms. The average Bonchev–Trinajstić information content (AvgIpc) is 2.87. The van der Waals surface area contributed by atoms with Crippen molar-refractivity contribution in [1.82, 2.24) is 0 Å². The molecule has 0 radical (unpaired) electrons. The first-order chi connectivity index (χ1) is 17.2. The number of carbonyl (C=O) groups excluding carboxylic acids is 1. The van der Waals surface area contributed by atoms with Gasteiger partial charge in [-0.15, -0.1) is 0 Å². The molecular formula is C29H28N2O4S. The van der Waals surface area contributed by atoms with E-state index in [2.05, 4.69) is 10.0 Å². The summed E-state index contributed by atoms with van der Waals surface area (Å²) in [4.78, 5) is 13.0. The molecule has 6 nitrogen and oxygen atoms in total. The van der Waals surface area contributed by atoms with Gasteiger partial charge in [0.2, 0.25) is 0 Å². The summed E-state index contributed by atoms with van der Waals surface area (Å²) >= 11 is 0. The van der Waals surface area contributed by atoms with E-state index in [9.17, 15) is 13.2 Å². The second kappa shape index (κ2) is 10.7. The van der Waals surface area contributed by atoms with Crippen LogP contribution in [-0.4, -0.2) is 14.3 Å². The van der Waals surface area contributed by atoms with E-state index in [1.165, 1.54) is 6.07 Å². The summed E-state index contributed by atoms with van der Waals surface area (Å²) in [5, 5.41) is 2.81. The average molecular weight is 501 g/mol. The maximum absolute atomic E-state index is 13.2. The smallest absolute Gasteiger partial charge is 0.262 e. The van der Waals surface area contributed by atoms with Gasteiger partial charge in [0.25, 0.3) is 15.9 Å². The molecule has 0 fully saturated rings.